The molecule has 0 radical (unpaired) electrons. The van der Waals surface area contributed by atoms with Crippen LogP contribution in [0.5, 0.6) is 5.75 Å². The zero-order valence-electron chi connectivity index (χ0n) is 7.50. The average Bonchev–Trinajstić information content (AvgIpc) is 2.88. The fourth-order valence-electron chi connectivity index (χ4n) is 1.99. The van der Waals surface area contributed by atoms with Crippen molar-refractivity contribution in [1.82, 2.24) is 5.32 Å². The standard InChI is InChI=1S/C10H10N2O2/c13-6-1-2-8-7(5-6)10(3-4-10)12-9(14)11-8/h1-2,5,13H,3-4H2,(H2,11,12,14). The second-order valence-electron chi connectivity index (χ2n) is 3.89. The molecule has 0 aromatic heterocycles. The molecule has 2 aliphatic rings. The van der Waals surface area contributed by atoms with E-state index < -0.39 is 0 Å². The predicted molar refractivity (Wildman–Crippen MR) is 51.2 cm³/mol. The van der Waals surface area contributed by atoms with Crippen molar-refractivity contribution in [3.63, 3.8) is 0 Å². The van der Waals surface area contributed by atoms with Crippen molar-refractivity contribution in [2.75, 3.05) is 5.32 Å². The number of fused-ring (bicyclic) bond motifs is 2. The van der Waals surface area contributed by atoms with Gasteiger partial charge in [0.1, 0.15) is 5.75 Å². The van der Waals surface area contributed by atoms with Crippen LogP contribution in [0.3, 0.4) is 0 Å². The lowest BCUT2D eigenvalue weighted by Gasteiger charge is -2.27. The number of benzene rings is 1. The molecule has 14 heavy (non-hydrogen) atoms. The Labute approximate surface area is 80.9 Å². The molecular weight excluding hydrogens is 180 g/mol. The summed E-state index contributed by atoms with van der Waals surface area (Å²) in [7, 11) is 0. The maximum absolute atomic E-state index is 11.3. The first-order valence-corrected chi connectivity index (χ1v) is 4.62. The van der Waals surface area contributed by atoms with E-state index in [1.807, 2.05) is 0 Å². The molecule has 1 aromatic carbocycles. The number of nitrogens with one attached hydrogen (secondary N) is 2. The maximum Gasteiger partial charge on any atom is 0.319 e. The van der Waals surface area contributed by atoms with Crippen LogP contribution >= 0.6 is 0 Å². The van der Waals surface area contributed by atoms with E-state index in [0.717, 1.165) is 24.1 Å². The van der Waals surface area contributed by atoms with E-state index in [1.54, 1.807) is 18.2 Å². The normalized spacial score (nSPS) is 21.0. The Morgan fingerprint density at radius 1 is 1.36 bits per heavy atom. The molecule has 1 aliphatic carbocycles. The highest BCUT2D eigenvalue weighted by molar-refractivity contribution is 5.94. The van der Waals surface area contributed by atoms with Crippen LogP contribution in [0.25, 0.3) is 0 Å². The minimum Gasteiger partial charge on any atom is -0.508 e. The molecule has 72 valence electrons. The van der Waals surface area contributed by atoms with E-state index in [2.05, 4.69) is 10.6 Å². The van der Waals surface area contributed by atoms with Gasteiger partial charge in [0.05, 0.1) is 5.54 Å². The third-order valence-electron chi connectivity index (χ3n) is 2.87. The number of hydrogen-bond donors (Lipinski definition) is 3. The van der Waals surface area contributed by atoms with Gasteiger partial charge in [0.2, 0.25) is 0 Å². The number of phenolic OH excluding ortho intramolecular Hbond substituents is 1. The Hall–Kier alpha value is -1.71. The van der Waals surface area contributed by atoms with Crippen molar-refractivity contribution in [3.8, 4) is 5.75 Å². The number of anilines is 1. The molecule has 0 atom stereocenters. The summed E-state index contributed by atoms with van der Waals surface area (Å²) in [6.45, 7) is 0. The second-order valence-corrected chi connectivity index (χ2v) is 3.89. The predicted octanol–water partition coefficient (Wildman–Crippen LogP) is 1.52. The number of carbonyl (C=O) groups is 1. The SMILES string of the molecule is O=C1Nc2ccc(O)cc2C2(CC2)N1. The van der Waals surface area contributed by atoms with Gasteiger partial charge < -0.3 is 15.7 Å². The Morgan fingerprint density at radius 3 is 2.86 bits per heavy atom. The molecule has 1 aliphatic heterocycles. The van der Waals surface area contributed by atoms with Crippen LogP contribution in [0, 0.1) is 0 Å². The lowest BCUT2D eigenvalue weighted by molar-refractivity contribution is 0.246. The van der Waals surface area contributed by atoms with E-state index >= 15 is 0 Å². The minimum atomic E-state index is -0.198. The van der Waals surface area contributed by atoms with Gasteiger partial charge in [-0.1, -0.05) is 0 Å². The lowest BCUT2D eigenvalue weighted by atomic mass is 10.0. The van der Waals surface area contributed by atoms with Crippen LogP contribution in [0.1, 0.15) is 18.4 Å². The summed E-state index contributed by atoms with van der Waals surface area (Å²) in [6, 6.07) is 4.89. The van der Waals surface area contributed by atoms with Crippen LogP contribution in [-0.2, 0) is 5.54 Å². The molecule has 1 fully saturated rings. The Balaban J connectivity index is 2.18. The van der Waals surface area contributed by atoms with Crippen molar-refractivity contribution in [2.24, 2.45) is 0 Å². The fourth-order valence-corrected chi connectivity index (χ4v) is 1.99. The molecule has 2 amide bonds. The molecule has 0 saturated heterocycles. The third-order valence-corrected chi connectivity index (χ3v) is 2.87. The topological polar surface area (TPSA) is 61.4 Å². The summed E-state index contributed by atoms with van der Waals surface area (Å²) in [6.07, 6.45) is 1.91. The van der Waals surface area contributed by atoms with Gasteiger partial charge in [-0.2, -0.15) is 0 Å². The van der Waals surface area contributed by atoms with E-state index in [0.29, 0.717) is 0 Å². The van der Waals surface area contributed by atoms with Crippen LogP contribution in [-0.4, -0.2) is 11.1 Å². The largest absolute Gasteiger partial charge is 0.508 e. The monoisotopic (exact) mass is 190 g/mol. The zero-order valence-corrected chi connectivity index (χ0v) is 7.50. The van der Waals surface area contributed by atoms with Crippen LogP contribution in [0.2, 0.25) is 0 Å². The van der Waals surface area contributed by atoms with Crippen LogP contribution in [0.4, 0.5) is 10.5 Å². The Kier molecular flexibility index (Phi) is 1.21. The van der Waals surface area contributed by atoms with Crippen LogP contribution < -0.4 is 10.6 Å². The summed E-state index contributed by atoms with van der Waals surface area (Å²) in [5.74, 6) is 0.243. The highest BCUT2D eigenvalue weighted by Crippen LogP contribution is 2.50. The first-order chi connectivity index (χ1) is 6.70. The number of rotatable bonds is 0. The number of hydrogen-bond acceptors (Lipinski definition) is 2. The van der Waals surface area contributed by atoms with Crippen molar-refractivity contribution in [3.05, 3.63) is 23.8 Å². The van der Waals surface area contributed by atoms with Gasteiger partial charge in [-0.05, 0) is 31.0 Å². The lowest BCUT2D eigenvalue weighted by Crippen LogP contribution is -2.42. The molecule has 1 aromatic rings. The second kappa shape index (κ2) is 2.20. The van der Waals surface area contributed by atoms with Gasteiger partial charge in [0.15, 0.2) is 0 Å². The van der Waals surface area contributed by atoms with Crippen molar-refractivity contribution >= 4 is 11.7 Å². The van der Waals surface area contributed by atoms with E-state index in [9.17, 15) is 9.90 Å². The van der Waals surface area contributed by atoms with E-state index in [-0.39, 0.29) is 17.3 Å². The highest BCUT2D eigenvalue weighted by Gasteiger charge is 2.49. The summed E-state index contributed by atoms with van der Waals surface area (Å²) >= 11 is 0. The highest BCUT2D eigenvalue weighted by atomic mass is 16.3. The van der Waals surface area contributed by atoms with Crippen molar-refractivity contribution in [1.29, 1.82) is 0 Å². The zero-order chi connectivity index (χ0) is 9.76. The smallest absolute Gasteiger partial charge is 0.319 e. The molecule has 0 unspecified atom stereocenters. The van der Waals surface area contributed by atoms with Gasteiger partial charge in [-0.3, -0.25) is 0 Å². The van der Waals surface area contributed by atoms with Gasteiger partial charge in [-0.25, -0.2) is 4.79 Å². The summed E-state index contributed by atoms with van der Waals surface area (Å²) in [5, 5.41) is 15.0. The number of aromatic hydroxyl groups is 1. The Morgan fingerprint density at radius 2 is 2.14 bits per heavy atom. The molecule has 3 N–H and O–H groups in total. The summed E-state index contributed by atoms with van der Waals surface area (Å²) in [4.78, 5) is 11.3. The molecular formula is C10H10N2O2. The van der Waals surface area contributed by atoms with Gasteiger partial charge in [0, 0.05) is 11.3 Å². The summed E-state index contributed by atoms with van der Waals surface area (Å²) in [5.41, 5.74) is 1.61. The van der Waals surface area contributed by atoms with Crippen molar-refractivity contribution < 1.29 is 9.90 Å². The molecule has 4 heteroatoms. The molecule has 0 bridgehead atoms. The van der Waals surface area contributed by atoms with Gasteiger partial charge in [0.25, 0.3) is 0 Å². The van der Waals surface area contributed by atoms with Gasteiger partial charge >= 0.3 is 6.03 Å². The maximum atomic E-state index is 11.3. The fraction of sp³-hybridized carbons (Fsp3) is 0.300. The minimum absolute atomic E-state index is 0.152. The summed E-state index contributed by atoms with van der Waals surface area (Å²) < 4.78 is 0. The average molecular weight is 190 g/mol. The first-order valence-electron chi connectivity index (χ1n) is 4.62. The molecule has 1 heterocycles. The van der Waals surface area contributed by atoms with Crippen molar-refractivity contribution in [2.45, 2.75) is 18.4 Å². The third kappa shape index (κ3) is 0.907. The molecule has 1 spiro atoms. The quantitative estimate of drug-likeness (QED) is 0.543. The van der Waals surface area contributed by atoms with Gasteiger partial charge in [-0.15, -0.1) is 0 Å². The van der Waals surface area contributed by atoms with E-state index in [4.69, 9.17) is 0 Å². The number of urea groups is 1. The first kappa shape index (κ1) is 7.67. The number of carbonyl (C=O) groups excluding carboxylic acids is 1. The number of amides is 2. The molecule has 3 rings (SSSR count). The van der Waals surface area contributed by atoms with Crippen LogP contribution in [0.15, 0.2) is 18.2 Å². The molecule has 1 saturated carbocycles. The molecule has 4 nitrogen and oxygen atoms in total. The Bertz CT molecular complexity index is 424. The van der Waals surface area contributed by atoms with E-state index in [1.165, 1.54) is 0 Å². The number of phenols is 1.